The first kappa shape index (κ1) is 18.3. The molecule has 11 heteroatoms. The summed E-state index contributed by atoms with van der Waals surface area (Å²) < 4.78 is 40.5. The van der Waals surface area contributed by atoms with Crippen molar-refractivity contribution in [3.8, 4) is 11.5 Å². The van der Waals surface area contributed by atoms with Crippen LogP contribution in [0, 0.1) is 10.1 Å². The van der Waals surface area contributed by atoms with E-state index in [2.05, 4.69) is 9.47 Å². The van der Waals surface area contributed by atoms with E-state index in [1.54, 1.807) is 0 Å². The van der Waals surface area contributed by atoms with Crippen LogP contribution in [0.25, 0.3) is 0 Å². The maximum absolute atomic E-state index is 13.0. The molecule has 0 bridgehead atoms. The lowest BCUT2D eigenvalue weighted by atomic mass is 10.1. The van der Waals surface area contributed by atoms with Crippen molar-refractivity contribution in [2.75, 3.05) is 14.2 Å². The third-order valence-electron chi connectivity index (χ3n) is 3.81. The van der Waals surface area contributed by atoms with E-state index in [0.717, 1.165) is 32.4 Å². The highest BCUT2D eigenvalue weighted by Crippen LogP contribution is 2.47. The fourth-order valence-corrected chi connectivity index (χ4v) is 4.10. The Bertz CT molecular complexity index is 1110. The highest BCUT2D eigenvalue weighted by Gasteiger charge is 2.38. The first-order valence-electron chi connectivity index (χ1n) is 7.26. The van der Waals surface area contributed by atoms with Gasteiger partial charge in [-0.2, -0.15) is 0 Å². The number of hydrogen-bond acceptors (Lipinski definition) is 9. The predicted molar refractivity (Wildman–Crippen MR) is 87.7 cm³/mol. The van der Waals surface area contributed by atoms with Crippen LogP contribution in [0.5, 0.6) is 11.5 Å². The molecule has 1 aliphatic heterocycles. The van der Waals surface area contributed by atoms with Crippen LogP contribution in [0.4, 0.5) is 5.69 Å². The molecular weight excluding hydrogens is 382 g/mol. The summed E-state index contributed by atoms with van der Waals surface area (Å²) in [6, 6.07) is 5.29. The van der Waals surface area contributed by atoms with E-state index in [-0.39, 0.29) is 21.8 Å². The number of hydrogen-bond donors (Lipinski definition) is 0. The van der Waals surface area contributed by atoms with Crippen LogP contribution in [-0.2, 0) is 19.3 Å². The molecule has 10 nitrogen and oxygen atoms in total. The van der Waals surface area contributed by atoms with E-state index in [4.69, 9.17) is 4.74 Å². The lowest BCUT2D eigenvalue weighted by molar-refractivity contribution is -0.385. The number of ether oxygens (including phenoxy) is 3. The Balaban J connectivity index is 2.30. The summed E-state index contributed by atoms with van der Waals surface area (Å²) in [6.07, 6.45) is 0. The molecule has 0 aliphatic carbocycles. The number of nitrogens with zero attached hydrogens (tertiary/aromatic N) is 1. The minimum atomic E-state index is -4.33. The number of fused-ring (bicyclic) bond motifs is 2. The summed E-state index contributed by atoms with van der Waals surface area (Å²) in [7, 11) is -2.15. The molecule has 0 N–H and O–H groups in total. The summed E-state index contributed by atoms with van der Waals surface area (Å²) in [5.74, 6) is -2.44. The fraction of sp³-hybridized carbons (Fsp3) is 0.125. The molecule has 3 rings (SSSR count). The van der Waals surface area contributed by atoms with Gasteiger partial charge in [0.05, 0.1) is 30.3 Å². The van der Waals surface area contributed by atoms with Crippen LogP contribution in [-0.4, -0.2) is 39.5 Å². The first-order valence-corrected chi connectivity index (χ1v) is 8.75. The highest BCUT2D eigenvalue weighted by atomic mass is 32.2. The number of benzene rings is 2. The lowest BCUT2D eigenvalue weighted by Gasteiger charge is -2.21. The van der Waals surface area contributed by atoms with Gasteiger partial charge in [0.25, 0.3) is 0 Å². The molecule has 0 aromatic heterocycles. The van der Waals surface area contributed by atoms with Crippen molar-refractivity contribution in [2.24, 2.45) is 0 Å². The summed E-state index contributed by atoms with van der Waals surface area (Å²) in [4.78, 5) is 33.0. The minimum Gasteiger partial charge on any atom is -0.465 e. The molecule has 0 spiro atoms. The van der Waals surface area contributed by atoms with Crippen LogP contribution < -0.4 is 4.74 Å². The number of sulfone groups is 1. The molecule has 2 aromatic rings. The van der Waals surface area contributed by atoms with Gasteiger partial charge in [-0.25, -0.2) is 18.0 Å². The van der Waals surface area contributed by atoms with Gasteiger partial charge in [-0.1, -0.05) is 0 Å². The van der Waals surface area contributed by atoms with Gasteiger partial charge in [0.15, 0.2) is 0 Å². The molecule has 0 amide bonds. The molecule has 0 fully saturated rings. The molecule has 2 aromatic carbocycles. The lowest BCUT2D eigenvalue weighted by Crippen LogP contribution is -2.15. The summed E-state index contributed by atoms with van der Waals surface area (Å²) in [6.45, 7) is 0. The topological polar surface area (TPSA) is 139 Å². The predicted octanol–water partition coefficient (Wildman–Crippen LogP) is 2.11. The third kappa shape index (κ3) is 2.87. The number of nitro groups is 1. The number of rotatable bonds is 3. The second-order valence-corrected chi connectivity index (χ2v) is 7.22. The van der Waals surface area contributed by atoms with Gasteiger partial charge in [-0.3, -0.25) is 10.1 Å². The molecule has 0 unspecified atom stereocenters. The smallest absolute Gasteiger partial charge is 0.338 e. The van der Waals surface area contributed by atoms with Gasteiger partial charge in [0, 0.05) is 6.07 Å². The van der Waals surface area contributed by atoms with Crippen molar-refractivity contribution in [3.63, 3.8) is 0 Å². The Kier molecular flexibility index (Phi) is 4.31. The zero-order valence-corrected chi connectivity index (χ0v) is 14.7. The van der Waals surface area contributed by atoms with Crippen LogP contribution in [0.1, 0.15) is 20.7 Å². The van der Waals surface area contributed by atoms with Gasteiger partial charge in [-0.05, 0) is 24.3 Å². The average molecular weight is 393 g/mol. The molecule has 1 aliphatic rings. The number of methoxy groups -OCH3 is 2. The van der Waals surface area contributed by atoms with Crippen molar-refractivity contribution in [1.29, 1.82) is 0 Å². The van der Waals surface area contributed by atoms with Crippen molar-refractivity contribution < 1.29 is 37.1 Å². The van der Waals surface area contributed by atoms with E-state index < -0.39 is 43.0 Å². The Morgan fingerprint density at radius 1 is 1.00 bits per heavy atom. The van der Waals surface area contributed by atoms with Crippen LogP contribution >= 0.6 is 0 Å². The van der Waals surface area contributed by atoms with Gasteiger partial charge in [0.1, 0.15) is 15.5 Å². The largest absolute Gasteiger partial charge is 0.465 e. The monoisotopic (exact) mass is 393 g/mol. The highest BCUT2D eigenvalue weighted by molar-refractivity contribution is 7.91. The van der Waals surface area contributed by atoms with E-state index >= 15 is 0 Å². The van der Waals surface area contributed by atoms with Crippen LogP contribution in [0.2, 0.25) is 0 Å². The van der Waals surface area contributed by atoms with Crippen molar-refractivity contribution in [1.82, 2.24) is 0 Å². The van der Waals surface area contributed by atoms with Crippen molar-refractivity contribution in [2.45, 2.75) is 9.79 Å². The zero-order valence-electron chi connectivity index (χ0n) is 13.9. The summed E-state index contributed by atoms with van der Waals surface area (Å²) in [5.41, 5.74) is -1.09. The van der Waals surface area contributed by atoms with Gasteiger partial charge < -0.3 is 14.2 Å². The number of carbonyl (C=O) groups is 2. The second kappa shape index (κ2) is 6.36. The van der Waals surface area contributed by atoms with Gasteiger partial charge in [0.2, 0.25) is 15.6 Å². The van der Waals surface area contributed by atoms with E-state index in [9.17, 15) is 28.1 Å². The molecule has 0 radical (unpaired) electrons. The normalized spacial score (nSPS) is 13.6. The first-order chi connectivity index (χ1) is 12.7. The standard InChI is InChI=1S/C16H11NO9S/c1-24-15(18)8-3-4-11-12(6-8)27(22,23)13-7-9(16(19)25-2)5-10(17(20)21)14(13)26-11/h3-7H,1-2H3. The molecule has 0 saturated heterocycles. The third-order valence-corrected chi connectivity index (χ3v) is 5.59. The Morgan fingerprint density at radius 3 is 2.19 bits per heavy atom. The maximum atomic E-state index is 13.0. The van der Waals surface area contributed by atoms with Crippen LogP contribution in [0.15, 0.2) is 40.1 Å². The van der Waals surface area contributed by atoms with Gasteiger partial charge >= 0.3 is 17.6 Å². The number of esters is 2. The fourth-order valence-electron chi connectivity index (χ4n) is 2.54. The zero-order chi connectivity index (χ0) is 19.9. The Morgan fingerprint density at radius 2 is 1.59 bits per heavy atom. The molecule has 1 heterocycles. The number of carbonyl (C=O) groups excluding carboxylic acids is 2. The molecule has 27 heavy (non-hydrogen) atoms. The SMILES string of the molecule is COC(=O)c1ccc2c(c1)S(=O)(=O)c1cc(C(=O)OC)cc([N+](=O)[O-])c1O2. The quantitative estimate of drug-likeness (QED) is 0.372. The van der Waals surface area contributed by atoms with Gasteiger partial charge in [-0.15, -0.1) is 0 Å². The Labute approximate surface area is 152 Å². The summed E-state index contributed by atoms with van der Waals surface area (Å²) >= 11 is 0. The molecule has 0 atom stereocenters. The molecular formula is C16H11NO9S. The molecule has 0 saturated carbocycles. The van der Waals surface area contributed by atoms with E-state index in [0.29, 0.717) is 0 Å². The Hall–Kier alpha value is -3.47. The van der Waals surface area contributed by atoms with Crippen molar-refractivity contribution >= 4 is 27.5 Å². The second-order valence-electron chi connectivity index (χ2n) is 5.33. The van der Waals surface area contributed by atoms with E-state index in [1.807, 2.05) is 0 Å². The van der Waals surface area contributed by atoms with Crippen molar-refractivity contribution in [3.05, 3.63) is 51.6 Å². The molecule has 140 valence electrons. The average Bonchev–Trinajstić information content (AvgIpc) is 2.65. The maximum Gasteiger partial charge on any atom is 0.338 e. The summed E-state index contributed by atoms with van der Waals surface area (Å²) in [5, 5.41) is 11.4. The number of nitro benzene ring substituents is 1. The van der Waals surface area contributed by atoms with E-state index in [1.165, 1.54) is 12.1 Å². The van der Waals surface area contributed by atoms with Crippen LogP contribution in [0.3, 0.4) is 0 Å². The minimum absolute atomic E-state index is 0.0505.